The fraction of sp³-hybridized carbons (Fsp3) is 0.114. The summed E-state index contributed by atoms with van der Waals surface area (Å²) >= 11 is 0. The van der Waals surface area contributed by atoms with E-state index in [4.69, 9.17) is 4.98 Å². The normalized spacial score (nSPS) is 18.3. The van der Waals surface area contributed by atoms with Gasteiger partial charge in [-0.1, -0.05) is 147 Å². The van der Waals surface area contributed by atoms with Crippen LogP contribution in [0.1, 0.15) is 36.5 Å². The molecule has 2 atom stereocenters. The third-order valence-corrected chi connectivity index (χ3v) is 10.1. The van der Waals surface area contributed by atoms with Crippen LogP contribution < -0.4 is 9.80 Å². The van der Waals surface area contributed by atoms with Gasteiger partial charge in [0, 0.05) is 28.1 Å². The predicted molar refractivity (Wildman–Crippen MR) is 195 cm³/mol. The third kappa shape index (κ3) is 4.30. The number of fused-ring (bicyclic) bond motifs is 6. The molecule has 0 bridgehead atoms. The maximum Gasteiger partial charge on any atom is 0.0743 e. The summed E-state index contributed by atoms with van der Waals surface area (Å²) in [4.78, 5) is 10.3. The van der Waals surface area contributed by atoms with Gasteiger partial charge in [-0.25, -0.2) is 4.98 Å². The second-order valence-electron chi connectivity index (χ2n) is 13.2. The Morgan fingerprint density at radius 2 is 1.15 bits per heavy atom. The zero-order valence-corrected chi connectivity index (χ0v) is 26.6. The van der Waals surface area contributed by atoms with Crippen LogP contribution in [0.15, 0.2) is 164 Å². The molecular formula is C44H35N3. The van der Waals surface area contributed by atoms with Crippen LogP contribution in [-0.4, -0.2) is 11.0 Å². The molecule has 3 aliphatic rings. The Bertz CT molecular complexity index is 2120. The predicted octanol–water partition coefficient (Wildman–Crippen LogP) is 11.3. The number of para-hydroxylation sites is 2. The van der Waals surface area contributed by atoms with E-state index < -0.39 is 0 Å². The Labute approximate surface area is 276 Å². The van der Waals surface area contributed by atoms with E-state index in [0.29, 0.717) is 0 Å². The van der Waals surface area contributed by atoms with Gasteiger partial charge >= 0.3 is 0 Å². The lowest BCUT2D eigenvalue weighted by molar-refractivity contribution is 0.632. The third-order valence-electron chi connectivity index (χ3n) is 10.1. The molecule has 0 radical (unpaired) electrons. The molecule has 0 saturated carbocycles. The minimum atomic E-state index is -0.212. The van der Waals surface area contributed by atoms with E-state index in [1.54, 1.807) is 0 Å². The Morgan fingerprint density at radius 1 is 0.553 bits per heavy atom. The van der Waals surface area contributed by atoms with Gasteiger partial charge in [-0.15, -0.1) is 0 Å². The lowest BCUT2D eigenvalue weighted by atomic mass is 9.72. The smallest absolute Gasteiger partial charge is 0.0743 e. The molecule has 5 aromatic carbocycles. The van der Waals surface area contributed by atoms with Gasteiger partial charge in [0.05, 0.1) is 40.2 Å². The summed E-state index contributed by atoms with van der Waals surface area (Å²) in [7, 11) is 0. The monoisotopic (exact) mass is 605 g/mol. The fourth-order valence-corrected chi connectivity index (χ4v) is 7.91. The van der Waals surface area contributed by atoms with Crippen molar-refractivity contribution in [1.82, 2.24) is 4.98 Å². The summed E-state index contributed by atoms with van der Waals surface area (Å²) in [6.45, 7) is 4.75. The highest BCUT2D eigenvalue weighted by molar-refractivity contribution is 5.98. The Balaban J connectivity index is 1.37. The zero-order chi connectivity index (χ0) is 31.5. The first-order valence-electron chi connectivity index (χ1n) is 16.5. The summed E-state index contributed by atoms with van der Waals surface area (Å²) in [5, 5.41) is 0. The fourth-order valence-electron chi connectivity index (χ4n) is 7.91. The number of benzene rings is 5. The van der Waals surface area contributed by atoms with Crippen LogP contribution in [0.2, 0.25) is 0 Å². The van der Waals surface area contributed by atoms with Gasteiger partial charge < -0.3 is 9.80 Å². The molecule has 2 aliphatic heterocycles. The number of aromatic nitrogens is 1. The van der Waals surface area contributed by atoms with Crippen LogP contribution in [0.5, 0.6) is 0 Å². The molecule has 3 heterocycles. The van der Waals surface area contributed by atoms with E-state index in [-0.39, 0.29) is 17.4 Å². The van der Waals surface area contributed by atoms with Crippen molar-refractivity contribution in [2.45, 2.75) is 31.2 Å². The molecule has 2 unspecified atom stereocenters. The van der Waals surface area contributed by atoms with Crippen LogP contribution in [0.3, 0.4) is 0 Å². The summed E-state index contributed by atoms with van der Waals surface area (Å²) < 4.78 is 0. The molecule has 0 spiro atoms. The standard InChI is InChI=1S/C44H35N3/c1-44(2)36-23-13-15-25-41(36)47(33-28-38(30-16-6-3-7-17-30)45-39(29-33)31-18-8-4-9-19-31)43-37(44)27-26-35-34-22-12-14-24-40(34)46(42(35)43)32-20-10-5-11-21-32/h3-29,34,40H,1-2H3. The van der Waals surface area contributed by atoms with Crippen LogP contribution >= 0.6 is 0 Å². The van der Waals surface area contributed by atoms with E-state index in [1.807, 2.05) is 0 Å². The second kappa shape index (κ2) is 10.7. The van der Waals surface area contributed by atoms with Crippen molar-refractivity contribution in [3.63, 3.8) is 0 Å². The maximum absolute atomic E-state index is 5.25. The van der Waals surface area contributed by atoms with Gasteiger partial charge in [-0.3, -0.25) is 0 Å². The molecule has 9 rings (SSSR count). The van der Waals surface area contributed by atoms with Gasteiger partial charge in [-0.05, 0) is 47.0 Å². The van der Waals surface area contributed by atoms with E-state index in [1.165, 1.54) is 39.4 Å². The first kappa shape index (κ1) is 27.6. The number of hydrogen-bond donors (Lipinski definition) is 0. The zero-order valence-electron chi connectivity index (χ0n) is 26.6. The van der Waals surface area contributed by atoms with E-state index >= 15 is 0 Å². The minimum absolute atomic E-state index is 0.197. The summed E-state index contributed by atoms with van der Waals surface area (Å²) in [6.07, 6.45) is 9.15. The maximum atomic E-state index is 5.25. The number of hydrogen-bond acceptors (Lipinski definition) is 3. The molecule has 0 amide bonds. The molecule has 6 aromatic rings. The average Bonchev–Trinajstić information content (AvgIpc) is 3.47. The van der Waals surface area contributed by atoms with Gasteiger partial charge in [0.2, 0.25) is 0 Å². The van der Waals surface area contributed by atoms with Crippen molar-refractivity contribution >= 4 is 28.4 Å². The van der Waals surface area contributed by atoms with Crippen LogP contribution in [0, 0.1) is 0 Å². The molecular weight excluding hydrogens is 571 g/mol. The number of allylic oxidation sites excluding steroid dienone is 2. The Hall–Kier alpha value is -5.67. The van der Waals surface area contributed by atoms with Gasteiger partial charge in [0.15, 0.2) is 0 Å². The molecule has 1 aromatic heterocycles. The van der Waals surface area contributed by atoms with Crippen molar-refractivity contribution in [2.75, 3.05) is 9.80 Å². The summed E-state index contributed by atoms with van der Waals surface area (Å²) in [5.41, 5.74) is 13.9. The Kier molecular flexibility index (Phi) is 6.29. The summed E-state index contributed by atoms with van der Waals surface area (Å²) in [6, 6.07) is 50.5. The van der Waals surface area contributed by atoms with Crippen molar-refractivity contribution in [2.24, 2.45) is 0 Å². The highest BCUT2D eigenvalue weighted by Gasteiger charge is 2.45. The number of pyridine rings is 1. The topological polar surface area (TPSA) is 19.4 Å². The minimum Gasteiger partial charge on any atom is -0.332 e. The second-order valence-corrected chi connectivity index (χ2v) is 13.2. The van der Waals surface area contributed by atoms with Gasteiger partial charge in [0.1, 0.15) is 0 Å². The van der Waals surface area contributed by atoms with Crippen LogP contribution in [-0.2, 0) is 5.41 Å². The summed E-state index contributed by atoms with van der Waals surface area (Å²) in [5.74, 6) is 0.264. The largest absolute Gasteiger partial charge is 0.332 e. The van der Waals surface area contributed by atoms with Crippen LogP contribution in [0.25, 0.3) is 22.5 Å². The SMILES string of the molecule is CC1(C)c2ccccc2N(c2cc(-c3ccccc3)nc(-c3ccccc3)c2)c2c1ccc1c2N(c2ccccc2)C2C=CC=CC12. The molecule has 226 valence electrons. The van der Waals surface area contributed by atoms with Crippen molar-refractivity contribution in [3.8, 4) is 22.5 Å². The van der Waals surface area contributed by atoms with E-state index in [9.17, 15) is 0 Å². The number of nitrogens with zero attached hydrogens (tertiary/aromatic N) is 3. The Morgan fingerprint density at radius 3 is 1.83 bits per heavy atom. The van der Waals surface area contributed by atoms with Crippen molar-refractivity contribution in [1.29, 1.82) is 0 Å². The first-order valence-corrected chi connectivity index (χ1v) is 16.5. The van der Waals surface area contributed by atoms with Gasteiger partial charge in [0.25, 0.3) is 0 Å². The molecule has 3 nitrogen and oxygen atoms in total. The van der Waals surface area contributed by atoms with Crippen molar-refractivity contribution < 1.29 is 0 Å². The number of rotatable bonds is 4. The molecule has 0 fully saturated rings. The highest BCUT2D eigenvalue weighted by Crippen LogP contribution is 2.61. The first-order chi connectivity index (χ1) is 23.1. The molecule has 47 heavy (non-hydrogen) atoms. The quantitative estimate of drug-likeness (QED) is 0.199. The molecule has 0 N–H and O–H groups in total. The molecule has 0 saturated heterocycles. The highest BCUT2D eigenvalue weighted by atomic mass is 15.3. The van der Waals surface area contributed by atoms with Crippen molar-refractivity contribution in [3.05, 3.63) is 181 Å². The lowest BCUT2D eigenvalue weighted by Crippen LogP contribution is -2.33. The molecule has 3 heteroatoms. The average molecular weight is 606 g/mol. The van der Waals surface area contributed by atoms with Gasteiger partial charge in [-0.2, -0.15) is 0 Å². The van der Waals surface area contributed by atoms with Crippen LogP contribution in [0.4, 0.5) is 28.4 Å². The lowest BCUT2D eigenvalue weighted by Gasteiger charge is -2.44. The number of anilines is 5. The molecule has 1 aliphatic carbocycles. The van der Waals surface area contributed by atoms with E-state index in [0.717, 1.165) is 28.2 Å². The van der Waals surface area contributed by atoms with E-state index in [2.05, 4.69) is 187 Å².